The van der Waals surface area contributed by atoms with Crippen molar-refractivity contribution in [2.75, 3.05) is 18.0 Å². The molecular weight excluding hydrogens is 302 g/mol. The highest BCUT2D eigenvalue weighted by molar-refractivity contribution is 5.81. The molecule has 0 bridgehead atoms. The Bertz CT molecular complexity index is 674. The fraction of sp³-hybridized carbons (Fsp3) is 0.389. The summed E-state index contributed by atoms with van der Waals surface area (Å²) in [5, 5.41) is 11.8. The van der Waals surface area contributed by atoms with Gasteiger partial charge in [0.25, 0.3) is 0 Å². The molecule has 2 heterocycles. The van der Waals surface area contributed by atoms with Crippen molar-refractivity contribution in [3.8, 4) is 0 Å². The number of nitrogens with one attached hydrogen (secondary N) is 1. The van der Waals surface area contributed by atoms with Gasteiger partial charge in [-0.25, -0.2) is 0 Å². The normalized spacial score (nSPS) is 19.0. The minimum Gasteiger partial charge on any atom is -0.368 e. The molecule has 24 heavy (non-hydrogen) atoms. The maximum atomic E-state index is 11.9. The van der Waals surface area contributed by atoms with Gasteiger partial charge in [0.2, 0.25) is 5.91 Å². The number of rotatable bonds is 5. The van der Waals surface area contributed by atoms with Crippen LogP contribution in [0.4, 0.5) is 5.82 Å². The average molecular weight is 325 g/mol. The second kappa shape index (κ2) is 7.40. The third-order valence-corrected chi connectivity index (χ3v) is 4.35. The molecule has 1 aromatic heterocycles. The van der Waals surface area contributed by atoms with Crippen LogP contribution in [0.25, 0.3) is 0 Å². The SMILES string of the molecule is Cc1ccc(N2CCC[C@H](N[C@@H](C(N)=O)c3ccccc3)C2)nn1. The van der Waals surface area contributed by atoms with Crippen LogP contribution in [0.3, 0.4) is 0 Å². The Labute approximate surface area is 142 Å². The lowest BCUT2D eigenvalue weighted by molar-refractivity contribution is -0.120. The third kappa shape index (κ3) is 3.89. The highest BCUT2D eigenvalue weighted by Gasteiger charge is 2.26. The molecule has 126 valence electrons. The van der Waals surface area contributed by atoms with E-state index in [1.54, 1.807) is 0 Å². The van der Waals surface area contributed by atoms with Crippen LogP contribution in [0, 0.1) is 6.92 Å². The van der Waals surface area contributed by atoms with Crippen LogP contribution in [0.15, 0.2) is 42.5 Å². The predicted molar refractivity (Wildman–Crippen MR) is 93.5 cm³/mol. The van der Waals surface area contributed by atoms with Crippen LogP contribution in [0.2, 0.25) is 0 Å². The van der Waals surface area contributed by atoms with Crippen LogP contribution < -0.4 is 16.0 Å². The van der Waals surface area contributed by atoms with E-state index in [4.69, 9.17) is 5.73 Å². The van der Waals surface area contributed by atoms with E-state index in [2.05, 4.69) is 20.4 Å². The molecule has 3 rings (SSSR count). The van der Waals surface area contributed by atoms with Gasteiger partial charge in [-0.15, -0.1) is 5.10 Å². The quantitative estimate of drug-likeness (QED) is 0.872. The molecule has 1 saturated heterocycles. The molecule has 1 amide bonds. The number of hydrogen-bond acceptors (Lipinski definition) is 5. The van der Waals surface area contributed by atoms with E-state index in [1.165, 1.54) is 0 Å². The van der Waals surface area contributed by atoms with Gasteiger partial charge in [-0.1, -0.05) is 30.3 Å². The van der Waals surface area contributed by atoms with Crippen molar-refractivity contribution in [3.63, 3.8) is 0 Å². The first-order valence-electron chi connectivity index (χ1n) is 8.29. The maximum absolute atomic E-state index is 11.9. The number of carbonyl (C=O) groups is 1. The molecule has 0 spiro atoms. The zero-order valence-electron chi connectivity index (χ0n) is 13.9. The molecule has 2 atom stereocenters. The maximum Gasteiger partial charge on any atom is 0.239 e. The summed E-state index contributed by atoms with van der Waals surface area (Å²) in [5.41, 5.74) is 7.42. The molecule has 1 fully saturated rings. The Hall–Kier alpha value is -2.47. The number of carbonyl (C=O) groups excluding carboxylic acids is 1. The highest BCUT2D eigenvalue weighted by Crippen LogP contribution is 2.20. The number of nitrogens with zero attached hydrogens (tertiary/aromatic N) is 3. The molecule has 1 aromatic carbocycles. The van der Waals surface area contributed by atoms with Gasteiger partial charge in [-0.3, -0.25) is 10.1 Å². The number of primary amides is 1. The fourth-order valence-corrected chi connectivity index (χ4v) is 3.11. The number of aryl methyl sites for hydroxylation is 1. The molecule has 6 heteroatoms. The molecule has 0 radical (unpaired) electrons. The van der Waals surface area contributed by atoms with Crippen molar-refractivity contribution in [1.29, 1.82) is 0 Å². The van der Waals surface area contributed by atoms with Crippen molar-refractivity contribution < 1.29 is 4.79 Å². The van der Waals surface area contributed by atoms with E-state index in [9.17, 15) is 4.79 Å². The number of amides is 1. The largest absolute Gasteiger partial charge is 0.368 e. The summed E-state index contributed by atoms with van der Waals surface area (Å²) in [7, 11) is 0. The van der Waals surface area contributed by atoms with Crippen molar-refractivity contribution in [2.24, 2.45) is 5.73 Å². The van der Waals surface area contributed by atoms with E-state index in [0.29, 0.717) is 0 Å². The van der Waals surface area contributed by atoms with Gasteiger partial charge >= 0.3 is 0 Å². The second-order valence-corrected chi connectivity index (χ2v) is 6.23. The Morgan fingerprint density at radius 2 is 2.04 bits per heavy atom. The zero-order valence-corrected chi connectivity index (χ0v) is 13.9. The predicted octanol–water partition coefficient (Wildman–Crippen LogP) is 1.57. The summed E-state index contributed by atoms with van der Waals surface area (Å²) in [4.78, 5) is 14.1. The van der Waals surface area contributed by atoms with Gasteiger partial charge in [0.05, 0.1) is 5.69 Å². The molecule has 3 N–H and O–H groups in total. The standard InChI is InChI=1S/C18H23N5O/c1-13-9-10-16(22-21-13)23-11-5-8-15(12-23)20-17(18(19)24)14-6-3-2-4-7-14/h2-4,6-7,9-10,15,17,20H,5,8,11-12H2,1H3,(H2,19,24)/t15-,17+/m0/s1. The van der Waals surface area contributed by atoms with Crippen molar-refractivity contribution in [2.45, 2.75) is 31.8 Å². The van der Waals surface area contributed by atoms with Crippen LogP contribution in [-0.4, -0.2) is 35.2 Å². The van der Waals surface area contributed by atoms with Crippen LogP contribution in [0.1, 0.15) is 30.1 Å². The van der Waals surface area contributed by atoms with Gasteiger partial charge in [0, 0.05) is 19.1 Å². The topological polar surface area (TPSA) is 84.1 Å². The molecule has 0 saturated carbocycles. The molecule has 2 aromatic rings. The number of aromatic nitrogens is 2. The Kier molecular flexibility index (Phi) is 5.05. The highest BCUT2D eigenvalue weighted by atomic mass is 16.1. The fourth-order valence-electron chi connectivity index (χ4n) is 3.11. The second-order valence-electron chi connectivity index (χ2n) is 6.23. The van der Waals surface area contributed by atoms with E-state index in [0.717, 1.165) is 43.0 Å². The van der Waals surface area contributed by atoms with E-state index in [-0.39, 0.29) is 11.9 Å². The van der Waals surface area contributed by atoms with Crippen LogP contribution >= 0.6 is 0 Å². The Morgan fingerprint density at radius 1 is 1.25 bits per heavy atom. The minimum absolute atomic E-state index is 0.180. The number of nitrogens with two attached hydrogens (primary N) is 1. The summed E-state index contributed by atoms with van der Waals surface area (Å²) < 4.78 is 0. The summed E-state index contributed by atoms with van der Waals surface area (Å²) >= 11 is 0. The lowest BCUT2D eigenvalue weighted by Crippen LogP contribution is -2.49. The molecule has 6 nitrogen and oxygen atoms in total. The molecule has 1 aliphatic heterocycles. The number of anilines is 1. The van der Waals surface area contributed by atoms with Gasteiger partial charge in [-0.05, 0) is 37.5 Å². The van der Waals surface area contributed by atoms with Gasteiger partial charge in [0.15, 0.2) is 5.82 Å². The first kappa shape index (κ1) is 16.4. The zero-order chi connectivity index (χ0) is 16.9. The first-order valence-corrected chi connectivity index (χ1v) is 8.29. The van der Waals surface area contributed by atoms with Crippen molar-refractivity contribution >= 4 is 11.7 Å². The van der Waals surface area contributed by atoms with Crippen LogP contribution in [-0.2, 0) is 4.79 Å². The molecule has 0 aliphatic carbocycles. The smallest absolute Gasteiger partial charge is 0.239 e. The van der Waals surface area contributed by atoms with E-state index < -0.39 is 6.04 Å². The average Bonchev–Trinajstić information content (AvgIpc) is 2.61. The Morgan fingerprint density at radius 3 is 2.71 bits per heavy atom. The van der Waals surface area contributed by atoms with E-state index >= 15 is 0 Å². The summed E-state index contributed by atoms with van der Waals surface area (Å²) in [5.74, 6) is 0.524. The number of hydrogen-bond donors (Lipinski definition) is 2. The number of piperidine rings is 1. The Balaban J connectivity index is 1.70. The lowest BCUT2D eigenvalue weighted by Gasteiger charge is -2.35. The van der Waals surface area contributed by atoms with Crippen molar-refractivity contribution in [3.05, 3.63) is 53.7 Å². The molecule has 1 aliphatic rings. The third-order valence-electron chi connectivity index (χ3n) is 4.35. The first-order chi connectivity index (χ1) is 11.6. The molecular formula is C18H23N5O. The summed E-state index contributed by atoms with van der Waals surface area (Å²) in [6, 6.07) is 13.3. The van der Waals surface area contributed by atoms with Crippen molar-refractivity contribution in [1.82, 2.24) is 15.5 Å². The lowest BCUT2D eigenvalue weighted by atomic mass is 10.0. The summed E-state index contributed by atoms with van der Waals surface area (Å²) in [6.07, 6.45) is 2.04. The van der Waals surface area contributed by atoms with Crippen LogP contribution in [0.5, 0.6) is 0 Å². The minimum atomic E-state index is -0.472. The van der Waals surface area contributed by atoms with Gasteiger partial charge in [-0.2, -0.15) is 5.10 Å². The summed E-state index contributed by atoms with van der Waals surface area (Å²) in [6.45, 7) is 3.66. The number of benzene rings is 1. The van der Waals surface area contributed by atoms with E-state index in [1.807, 2.05) is 49.4 Å². The van der Waals surface area contributed by atoms with Gasteiger partial charge < -0.3 is 10.6 Å². The monoisotopic (exact) mass is 325 g/mol. The molecule has 0 unspecified atom stereocenters. The van der Waals surface area contributed by atoms with Gasteiger partial charge in [0.1, 0.15) is 6.04 Å².